The van der Waals surface area contributed by atoms with Gasteiger partial charge in [0.1, 0.15) is 5.75 Å². The fourth-order valence-corrected chi connectivity index (χ4v) is 3.95. The molecular formula is C20H30N2O3. The summed E-state index contributed by atoms with van der Waals surface area (Å²) in [5.41, 5.74) is 1.09. The minimum atomic E-state index is -0.0267. The van der Waals surface area contributed by atoms with Crippen LogP contribution in [-0.4, -0.2) is 61.2 Å². The van der Waals surface area contributed by atoms with Gasteiger partial charge in [-0.25, -0.2) is 0 Å². The van der Waals surface area contributed by atoms with Crippen molar-refractivity contribution >= 4 is 5.91 Å². The molecule has 25 heavy (non-hydrogen) atoms. The van der Waals surface area contributed by atoms with Gasteiger partial charge in [-0.1, -0.05) is 12.1 Å². The molecule has 1 aromatic rings. The first kappa shape index (κ1) is 18.2. The average Bonchev–Trinajstić information content (AvgIpc) is 2.57. The highest BCUT2D eigenvalue weighted by Gasteiger charge is 2.32. The molecular weight excluding hydrogens is 316 g/mol. The summed E-state index contributed by atoms with van der Waals surface area (Å²) in [5.74, 6) is 1.69. The maximum atomic E-state index is 12.6. The van der Waals surface area contributed by atoms with E-state index in [0.29, 0.717) is 19.0 Å². The second-order valence-electron chi connectivity index (χ2n) is 7.87. The van der Waals surface area contributed by atoms with Crippen molar-refractivity contribution in [2.75, 3.05) is 39.9 Å². The molecule has 138 valence electrons. The molecule has 2 aliphatic rings. The van der Waals surface area contributed by atoms with E-state index in [9.17, 15) is 4.79 Å². The molecule has 2 aliphatic heterocycles. The molecule has 0 saturated carbocycles. The van der Waals surface area contributed by atoms with E-state index in [1.165, 1.54) is 0 Å². The topological polar surface area (TPSA) is 42.0 Å². The lowest BCUT2D eigenvalue weighted by Gasteiger charge is -2.40. The van der Waals surface area contributed by atoms with Gasteiger partial charge in [0.15, 0.2) is 0 Å². The Morgan fingerprint density at radius 2 is 2.16 bits per heavy atom. The monoisotopic (exact) mass is 346 g/mol. The molecule has 3 rings (SSSR count). The normalized spacial score (nSPS) is 24.4. The summed E-state index contributed by atoms with van der Waals surface area (Å²) in [4.78, 5) is 16.8. The van der Waals surface area contributed by atoms with Gasteiger partial charge >= 0.3 is 0 Å². The molecule has 1 atom stereocenters. The van der Waals surface area contributed by atoms with Crippen molar-refractivity contribution < 1.29 is 14.3 Å². The number of carbonyl (C=O) groups is 1. The van der Waals surface area contributed by atoms with Gasteiger partial charge in [-0.05, 0) is 50.3 Å². The number of amides is 1. The van der Waals surface area contributed by atoms with E-state index >= 15 is 0 Å². The molecule has 0 N–H and O–H groups in total. The van der Waals surface area contributed by atoms with Crippen molar-refractivity contribution in [3.8, 4) is 5.75 Å². The number of hydrogen-bond donors (Lipinski definition) is 0. The zero-order valence-corrected chi connectivity index (χ0v) is 15.7. The molecule has 1 amide bonds. The van der Waals surface area contributed by atoms with Gasteiger partial charge in [0, 0.05) is 32.8 Å². The van der Waals surface area contributed by atoms with Crippen LogP contribution in [0.25, 0.3) is 0 Å². The van der Waals surface area contributed by atoms with Gasteiger partial charge in [-0.3, -0.25) is 9.69 Å². The van der Waals surface area contributed by atoms with Gasteiger partial charge in [0.2, 0.25) is 5.91 Å². The predicted octanol–water partition coefficient (Wildman–Crippen LogP) is 2.54. The highest BCUT2D eigenvalue weighted by molar-refractivity contribution is 5.79. The van der Waals surface area contributed by atoms with Gasteiger partial charge in [0.05, 0.1) is 19.3 Å². The number of piperazine rings is 1. The van der Waals surface area contributed by atoms with Crippen LogP contribution in [0.5, 0.6) is 5.75 Å². The summed E-state index contributed by atoms with van der Waals surface area (Å²) in [6.45, 7) is 9.10. The second-order valence-corrected chi connectivity index (χ2v) is 7.87. The van der Waals surface area contributed by atoms with Crippen LogP contribution in [-0.2, 0) is 16.1 Å². The summed E-state index contributed by atoms with van der Waals surface area (Å²) in [6.07, 6.45) is 2.17. The minimum absolute atomic E-state index is 0.0267. The Balaban J connectivity index is 1.51. The first-order chi connectivity index (χ1) is 11.9. The largest absolute Gasteiger partial charge is 0.497 e. The SMILES string of the molecule is COc1cccc(CN2CCN(C[C@@H]3CCOC(C)(C)C3)CC2=O)c1. The average molecular weight is 346 g/mol. The van der Waals surface area contributed by atoms with Gasteiger partial charge in [-0.2, -0.15) is 0 Å². The molecule has 2 fully saturated rings. The Morgan fingerprint density at radius 1 is 1.32 bits per heavy atom. The zero-order valence-electron chi connectivity index (χ0n) is 15.7. The van der Waals surface area contributed by atoms with Crippen molar-refractivity contribution in [3.63, 3.8) is 0 Å². The standard InChI is InChI=1S/C20H30N2O3/c1-20(2)12-17(7-10-25-20)13-21-8-9-22(19(23)15-21)14-16-5-4-6-18(11-16)24-3/h4-6,11,17H,7-10,12-15H2,1-3H3/t17-/m1/s1. The highest BCUT2D eigenvalue weighted by Crippen LogP contribution is 2.29. The number of nitrogens with zero attached hydrogens (tertiary/aromatic N) is 2. The molecule has 0 radical (unpaired) electrons. The van der Waals surface area contributed by atoms with E-state index in [0.717, 1.165) is 50.4 Å². The maximum Gasteiger partial charge on any atom is 0.237 e. The smallest absolute Gasteiger partial charge is 0.237 e. The molecule has 0 unspecified atom stereocenters. The van der Waals surface area contributed by atoms with Crippen LogP contribution < -0.4 is 4.74 Å². The lowest BCUT2D eigenvalue weighted by Crippen LogP contribution is -2.51. The fraction of sp³-hybridized carbons (Fsp3) is 0.650. The maximum absolute atomic E-state index is 12.6. The number of benzene rings is 1. The van der Waals surface area contributed by atoms with Crippen molar-refractivity contribution in [2.45, 2.75) is 38.8 Å². The van der Waals surface area contributed by atoms with Crippen LogP contribution >= 0.6 is 0 Å². The van der Waals surface area contributed by atoms with E-state index in [1.54, 1.807) is 7.11 Å². The van der Waals surface area contributed by atoms with Crippen molar-refractivity contribution in [1.82, 2.24) is 9.80 Å². The third-order valence-corrected chi connectivity index (χ3v) is 5.22. The Morgan fingerprint density at radius 3 is 2.88 bits per heavy atom. The molecule has 2 saturated heterocycles. The number of methoxy groups -OCH3 is 1. The van der Waals surface area contributed by atoms with Crippen molar-refractivity contribution in [1.29, 1.82) is 0 Å². The van der Waals surface area contributed by atoms with Crippen LogP contribution in [0.4, 0.5) is 0 Å². The number of rotatable bonds is 5. The summed E-state index contributed by atoms with van der Waals surface area (Å²) >= 11 is 0. The predicted molar refractivity (Wildman–Crippen MR) is 97.6 cm³/mol. The minimum Gasteiger partial charge on any atom is -0.497 e. The quantitative estimate of drug-likeness (QED) is 0.822. The van der Waals surface area contributed by atoms with Crippen LogP contribution in [0.2, 0.25) is 0 Å². The Labute approximate surface area is 150 Å². The van der Waals surface area contributed by atoms with Gasteiger partial charge in [-0.15, -0.1) is 0 Å². The van der Waals surface area contributed by atoms with E-state index in [1.807, 2.05) is 29.2 Å². The molecule has 1 aromatic carbocycles. The molecule has 0 bridgehead atoms. The van der Waals surface area contributed by atoms with Crippen LogP contribution in [0, 0.1) is 5.92 Å². The number of ether oxygens (including phenoxy) is 2. The Hall–Kier alpha value is -1.59. The van der Waals surface area contributed by atoms with Gasteiger partial charge in [0.25, 0.3) is 0 Å². The molecule has 0 spiro atoms. The van der Waals surface area contributed by atoms with Crippen molar-refractivity contribution in [2.24, 2.45) is 5.92 Å². The summed E-state index contributed by atoms with van der Waals surface area (Å²) < 4.78 is 11.1. The number of carbonyl (C=O) groups excluding carboxylic acids is 1. The van der Waals surface area contributed by atoms with Gasteiger partial charge < -0.3 is 14.4 Å². The zero-order chi connectivity index (χ0) is 17.9. The summed E-state index contributed by atoms with van der Waals surface area (Å²) in [5, 5.41) is 0. The fourth-order valence-electron chi connectivity index (χ4n) is 3.95. The first-order valence-electron chi connectivity index (χ1n) is 9.22. The Kier molecular flexibility index (Phi) is 5.64. The van der Waals surface area contributed by atoms with Crippen LogP contribution in [0.3, 0.4) is 0 Å². The third-order valence-electron chi connectivity index (χ3n) is 5.22. The van der Waals surface area contributed by atoms with E-state index < -0.39 is 0 Å². The van der Waals surface area contributed by atoms with E-state index in [-0.39, 0.29) is 11.5 Å². The third kappa shape index (κ3) is 4.95. The second kappa shape index (κ2) is 7.75. The molecule has 0 aromatic heterocycles. The van der Waals surface area contributed by atoms with E-state index in [4.69, 9.17) is 9.47 Å². The lowest BCUT2D eigenvalue weighted by molar-refractivity contribution is -0.137. The summed E-state index contributed by atoms with van der Waals surface area (Å²) in [6, 6.07) is 7.95. The summed E-state index contributed by atoms with van der Waals surface area (Å²) in [7, 11) is 1.67. The van der Waals surface area contributed by atoms with E-state index in [2.05, 4.69) is 18.7 Å². The van der Waals surface area contributed by atoms with Crippen LogP contribution in [0.1, 0.15) is 32.3 Å². The number of hydrogen-bond acceptors (Lipinski definition) is 4. The highest BCUT2D eigenvalue weighted by atomic mass is 16.5. The molecule has 2 heterocycles. The van der Waals surface area contributed by atoms with Crippen LogP contribution in [0.15, 0.2) is 24.3 Å². The van der Waals surface area contributed by atoms with Crippen molar-refractivity contribution in [3.05, 3.63) is 29.8 Å². The first-order valence-corrected chi connectivity index (χ1v) is 9.22. The lowest BCUT2D eigenvalue weighted by atomic mass is 9.88. The molecule has 5 heteroatoms. The molecule has 5 nitrogen and oxygen atoms in total. The molecule has 0 aliphatic carbocycles. The Bertz CT molecular complexity index is 602.